The number of carbonyl (C=O) groups excluding carboxylic acids is 1. The fraction of sp³-hybridized carbons (Fsp3) is 0.333. The molecule has 0 radical (unpaired) electrons. The van der Waals surface area contributed by atoms with Crippen molar-refractivity contribution in [1.82, 2.24) is 4.98 Å². The van der Waals surface area contributed by atoms with Gasteiger partial charge in [-0.1, -0.05) is 0 Å². The van der Waals surface area contributed by atoms with Gasteiger partial charge in [0.15, 0.2) is 11.7 Å². The number of likely N-dealkylation sites (tertiary alicyclic amines) is 1. The fourth-order valence-corrected chi connectivity index (χ4v) is 3.26. The summed E-state index contributed by atoms with van der Waals surface area (Å²) in [6, 6.07) is 6.18. The molecule has 2 heterocycles. The van der Waals surface area contributed by atoms with Crippen molar-refractivity contribution < 1.29 is 14.1 Å². The molecular formula is C15H17FN3OS+. The van der Waals surface area contributed by atoms with E-state index in [0.717, 1.165) is 24.3 Å². The van der Waals surface area contributed by atoms with Crippen molar-refractivity contribution in [2.24, 2.45) is 0 Å². The van der Waals surface area contributed by atoms with Crippen molar-refractivity contribution in [3.8, 4) is 11.3 Å². The summed E-state index contributed by atoms with van der Waals surface area (Å²) in [5, 5.41) is 5.31. The van der Waals surface area contributed by atoms with Crippen LogP contribution in [0.15, 0.2) is 29.6 Å². The molecule has 1 aromatic heterocycles. The van der Waals surface area contributed by atoms with Crippen molar-refractivity contribution in [3.63, 3.8) is 0 Å². The molecule has 2 N–H and O–H groups in total. The molecule has 0 spiro atoms. The van der Waals surface area contributed by atoms with Gasteiger partial charge in [-0.05, 0) is 24.3 Å². The lowest BCUT2D eigenvalue weighted by molar-refractivity contribution is -0.878. The normalized spacial score (nSPS) is 15.3. The second-order valence-electron chi connectivity index (χ2n) is 5.23. The highest BCUT2D eigenvalue weighted by molar-refractivity contribution is 7.14. The number of nitrogens with one attached hydrogen (secondary N) is 2. The average molecular weight is 306 g/mol. The molecular weight excluding hydrogens is 289 g/mol. The van der Waals surface area contributed by atoms with E-state index in [1.807, 2.05) is 5.38 Å². The summed E-state index contributed by atoms with van der Waals surface area (Å²) in [5.41, 5.74) is 1.60. The van der Waals surface area contributed by atoms with Crippen molar-refractivity contribution in [2.45, 2.75) is 12.8 Å². The monoisotopic (exact) mass is 306 g/mol. The number of hydrogen-bond acceptors (Lipinski definition) is 3. The van der Waals surface area contributed by atoms with E-state index in [2.05, 4.69) is 10.3 Å². The maximum atomic E-state index is 12.9. The minimum atomic E-state index is -0.268. The first-order valence-electron chi connectivity index (χ1n) is 7.05. The molecule has 0 atom stereocenters. The molecule has 0 unspecified atom stereocenters. The van der Waals surface area contributed by atoms with Crippen LogP contribution in [0.3, 0.4) is 0 Å². The zero-order valence-electron chi connectivity index (χ0n) is 11.6. The Labute approximate surface area is 126 Å². The molecule has 4 nitrogen and oxygen atoms in total. The Balaban J connectivity index is 1.61. The molecule has 2 aromatic rings. The van der Waals surface area contributed by atoms with Gasteiger partial charge in [0, 0.05) is 23.8 Å². The summed E-state index contributed by atoms with van der Waals surface area (Å²) >= 11 is 1.39. The van der Waals surface area contributed by atoms with E-state index in [-0.39, 0.29) is 11.7 Å². The zero-order chi connectivity index (χ0) is 14.7. The molecule has 110 valence electrons. The predicted octanol–water partition coefficient (Wildman–Crippen LogP) is 1.57. The van der Waals surface area contributed by atoms with Crippen molar-refractivity contribution in [3.05, 3.63) is 35.5 Å². The molecule has 0 saturated carbocycles. The van der Waals surface area contributed by atoms with Crippen LogP contribution in [0.2, 0.25) is 0 Å². The largest absolute Gasteiger partial charge is 0.327 e. The molecule has 0 aliphatic carbocycles. The second kappa shape index (κ2) is 6.32. The zero-order valence-corrected chi connectivity index (χ0v) is 12.4. The first-order valence-corrected chi connectivity index (χ1v) is 7.93. The summed E-state index contributed by atoms with van der Waals surface area (Å²) in [7, 11) is 0. The van der Waals surface area contributed by atoms with Crippen LogP contribution in [0.25, 0.3) is 11.3 Å². The van der Waals surface area contributed by atoms with Crippen molar-refractivity contribution >= 4 is 22.4 Å². The Kier molecular flexibility index (Phi) is 4.26. The SMILES string of the molecule is O=C(C[NH+]1CCCC1)Nc1nc(-c2ccc(F)cc2)cs1. The van der Waals surface area contributed by atoms with Gasteiger partial charge >= 0.3 is 0 Å². The minimum Gasteiger partial charge on any atom is -0.327 e. The Bertz CT molecular complexity index is 620. The van der Waals surface area contributed by atoms with Gasteiger partial charge in [0.25, 0.3) is 5.91 Å². The van der Waals surface area contributed by atoms with Crippen molar-refractivity contribution in [2.75, 3.05) is 25.0 Å². The quantitative estimate of drug-likeness (QED) is 0.901. The predicted molar refractivity (Wildman–Crippen MR) is 80.9 cm³/mol. The number of hydrogen-bond donors (Lipinski definition) is 2. The van der Waals surface area contributed by atoms with Crippen LogP contribution >= 0.6 is 11.3 Å². The first kappa shape index (κ1) is 14.2. The van der Waals surface area contributed by atoms with Gasteiger partial charge in [-0.15, -0.1) is 11.3 Å². The number of rotatable bonds is 4. The van der Waals surface area contributed by atoms with Gasteiger partial charge < -0.3 is 4.90 Å². The Morgan fingerprint density at radius 2 is 2.00 bits per heavy atom. The van der Waals surface area contributed by atoms with Crippen LogP contribution in [0, 0.1) is 5.82 Å². The summed E-state index contributed by atoms with van der Waals surface area (Å²) in [5.74, 6) is -0.261. The van der Waals surface area contributed by atoms with E-state index in [9.17, 15) is 9.18 Å². The number of quaternary nitrogens is 1. The number of halogens is 1. The third kappa shape index (κ3) is 3.65. The van der Waals surface area contributed by atoms with Crippen LogP contribution in [0.1, 0.15) is 12.8 Å². The molecule has 1 aliphatic rings. The van der Waals surface area contributed by atoms with Crippen LogP contribution in [-0.2, 0) is 4.79 Å². The number of nitrogens with zero attached hydrogens (tertiary/aromatic N) is 1. The summed E-state index contributed by atoms with van der Waals surface area (Å²) < 4.78 is 12.9. The molecule has 21 heavy (non-hydrogen) atoms. The maximum absolute atomic E-state index is 12.9. The van der Waals surface area contributed by atoms with E-state index in [1.54, 1.807) is 12.1 Å². The molecule has 1 amide bonds. The molecule has 6 heteroatoms. The van der Waals surface area contributed by atoms with Crippen LogP contribution in [0.5, 0.6) is 0 Å². The lowest BCUT2D eigenvalue weighted by Gasteiger charge is -2.10. The first-order chi connectivity index (χ1) is 10.2. The van der Waals surface area contributed by atoms with E-state index in [4.69, 9.17) is 0 Å². The highest BCUT2D eigenvalue weighted by Gasteiger charge is 2.19. The molecule has 1 saturated heterocycles. The van der Waals surface area contributed by atoms with Gasteiger partial charge in [0.05, 0.1) is 18.8 Å². The Morgan fingerprint density at radius 3 is 2.71 bits per heavy atom. The molecule has 0 bridgehead atoms. The molecule has 1 aliphatic heterocycles. The number of anilines is 1. The number of amides is 1. The molecule has 1 aromatic carbocycles. The van der Waals surface area contributed by atoms with E-state index >= 15 is 0 Å². The third-order valence-electron chi connectivity index (χ3n) is 3.61. The summed E-state index contributed by atoms with van der Waals surface area (Å²) in [4.78, 5) is 17.7. The number of benzene rings is 1. The average Bonchev–Trinajstić information content (AvgIpc) is 3.11. The van der Waals surface area contributed by atoms with E-state index in [0.29, 0.717) is 11.7 Å². The lowest BCUT2D eigenvalue weighted by Crippen LogP contribution is -3.11. The Morgan fingerprint density at radius 1 is 1.29 bits per heavy atom. The van der Waals surface area contributed by atoms with Crippen LogP contribution < -0.4 is 10.2 Å². The fourth-order valence-electron chi connectivity index (χ4n) is 2.53. The number of aromatic nitrogens is 1. The van der Waals surface area contributed by atoms with Crippen LogP contribution in [-0.4, -0.2) is 30.5 Å². The van der Waals surface area contributed by atoms with Crippen molar-refractivity contribution in [1.29, 1.82) is 0 Å². The third-order valence-corrected chi connectivity index (χ3v) is 4.37. The van der Waals surface area contributed by atoms with Crippen LogP contribution in [0.4, 0.5) is 9.52 Å². The minimum absolute atomic E-state index is 0.00639. The summed E-state index contributed by atoms with van der Waals surface area (Å²) in [6.45, 7) is 2.66. The second-order valence-corrected chi connectivity index (χ2v) is 6.08. The van der Waals surface area contributed by atoms with Gasteiger partial charge in [0.1, 0.15) is 5.82 Å². The smallest absolute Gasteiger partial charge is 0.281 e. The standard InChI is InChI=1S/C15H16FN3OS/c16-12-5-3-11(4-6-12)13-10-21-15(17-13)18-14(20)9-19-7-1-2-8-19/h3-6,10H,1-2,7-9H2,(H,17,18,20)/p+1. The lowest BCUT2D eigenvalue weighted by atomic mass is 10.2. The highest BCUT2D eigenvalue weighted by Crippen LogP contribution is 2.24. The number of carbonyl (C=O) groups is 1. The molecule has 1 fully saturated rings. The van der Waals surface area contributed by atoms with Gasteiger partial charge in [-0.25, -0.2) is 9.37 Å². The highest BCUT2D eigenvalue weighted by atomic mass is 32.1. The Hall–Kier alpha value is -1.79. The topological polar surface area (TPSA) is 46.4 Å². The maximum Gasteiger partial charge on any atom is 0.281 e. The summed E-state index contributed by atoms with van der Waals surface area (Å²) in [6.07, 6.45) is 2.41. The van der Waals surface area contributed by atoms with Gasteiger partial charge in [0.2, 0.25) is 0 Å². The van der Waals surface area contributed by atoms with Gasteiger partial charge in [-0.3, -0.25) is 10.1 Å². The van der Waals surface area contributed by atoms with E-state index < -0.39 is 0 Å². The number of thiazole rings is 1. The van der Waals surface area contributed by atoms with Gasteiger partial charge in [-0.2, -0.15) is 0 Å². The van der Waals surface area contributed by atoms with E-state index in [1.165, 1.54) is 41.2 Å². The molecule has 3 rings (SSSR count).